The van der Waals surface area contributed by atoms with Gasteiger partial charge in [-0.1, -0.05) is 6.92 Å². The third kappa shape index (κ3) is 3.00. The molecule has 5 heteroatoms. The number of fused-ring (bicyclic) bond motifs is 1. The third-order valence-corrected chi connectivity index (χ3v) is 4.33. The molecule has 0 fully saturated rings. The second kappa shape index (κ2) is 6.06. The van der Waals surface area contributed by atoms with E-state index < -0.39 is 0 Å². The van der Waals surface area contributed by atoms with E-state index in [1.54, 1.807) is 7.11 Å². The maximum Gasteiger partial charge on any atom is 0.127 e. The highest BCUT2D eigenvalue weighted by Gasteiger charge is 2.17. The average molecular weight is 299 g/mol. The van der Waals surface area contributed by atoms with Crippen LogP contribution in [0.5, 0.6) is 5.75 Å². The normalized spacial score (nSPS) is 14.6. The third-order valence-electron chi connectivity index (χ3n) is 3.18. The fourth-order valence-electron chi connectivity index (χ4n) is 2.08. The summed E-state index contributed by atoms with van der Waals surface area (Å²) < 4.78 is 7.50. The van der Waals surface area contributed by atoms with Gasteiger partial charge >= 0.3 is 0 Å². The van der Waals surface area contributed by atoms with Gasteiger partial charge in [0.05, 0.1) is 23.5 Å². The van der Waals surface area contributed by atoms with E-state index in [9.17, 15) is 0 Å². The molecule has 0 aliphatic heterocycles. The number of alkyl halides is 1. The molecule has 0 spiro atoms. The predicted molar refractivity (Wildman–Crippen MR) is 83.5 cm³/mol. The van der Waals surface area contributed by atoms with Crippen molar-refractivity contribution < 1.29 is 4.74 Å². The van der Waals surface area contributed by atoms with E-state index in [0.717, 1.165) is 29.2 Å². The van der Waals surface area contributed by atoms with Crippen molar-refractivity contribution in [3.63, 3.8) is 0 Å². The number of nitrogens with zero attached hydrogens (tertiary/aromatic N) is 2. The number of halogens is 1. The molecule has 104 valence electrons. The van der Waals surface area contributed by atoms with Crippen LogP contribution in [-0.2, 0) is 6.54 Å². The standard InChI is InChI=1S/C14H19ClN2OS/c1-9(19-4)8-17-13-7-11(18-3)5-6-12(13)16-14(17)10(2)15/h5-7,9-10H,8H2,1-4H3. The zero-order valence-corrected chi connectivity index (χ0v) is 13.3. The molecule has 2 unspecified atom stereocenters. The Morgan fingerprint density at radius 1 is 1.42 bits per heavy atom. The molecule has 0 N–H and O–H groups in total. The Kier molecular flexibility index (Phi) is 4.63. The number of benzene rings is 1. The summed E-state index contributed by atoms with van der Waals surface area (Å²) in [5, 5.41) is 0.408. The first-order valence-electron chi connectivity index (χ1n) is 6.27. The van der Waals surface area contributed by atoms with Gasteiger partial charge in [-0.3, -0.25) is 0 Å². The molecular formula is C14H19ClN2OS. The summed E-state index contributed by atoms with van der Waals surface area (Å²) in [5.74, 6) is 1.77. The van der Waals surface area contributed by atoms with E-state index in [-0.39, 0.29) is 5.38 Å². The van der Waals surface area contributed by atoms with Gasteiger partial charge in [-0.15, -0.1) is 11.6 Å². The second-order valence-electron chi connectivity index (χ2n) is 4.60. The van der Waals surface area contributed by atoms with Crippen molar-refractivity contribution in [3.05, 3.63) is 24.0 Å². The highest BCUT2D eigenvalue weighted by atomic mass is 35.5. The van der Waals surface area contributed by atoms with Crippen LogP contribution < -0.4 is 4.74 Å². The van der Waals surface area contributed by atoms with Crippen LogP contribution in [0.15, 0.2) is 18.2 Å². The minimum atomic E-state index is -0.104. The van der Waals surface area contributed by atoms with Gasteiger partial charge in [0.15, 0.2) is 0 Å². The molecular weight excluding hydrogens is 280 g/mol. The molecule has 0 saturated carbocycles. The monoisotopic (exact) mass is 298 g/mol. The van der Waals surface area contributed by atoms with Crippen LogP contribution in [-0.4, -0.2) is 28.2 Å². The molecule has 2 aromatic rings. The molecule has 19 heavy (non-hydrogen) atoms. The topological polar surface area (TPSA) is 27.1 Å². The van der Waals surface area contributed by atoms with Gasteiger partial charge in [0, 0.05) is 17.9 Å². The van der Waals surface area contributed by atoms with E-state index in [1.165, 1.54) is 0 Å². The number of ether oxygens (including phenoxy) is 1. The van der Waals surface area contributed by atoms with Crippen LogP contribution in [0, 0.1) is 0 Å². The van der Waals surface area contributed by atoms with Gasteiger partial charge in [0.2, 0.25) is 0 Å². The summed E-state index contributed by atoms with van der Waals surface area (Å²) in [5.41, 5.74) is 2.05. The number of rotatable bonds is 5. The van der Waals surface area contributed by atoms with E-state index in [0.29, 0.717) is 5.25 Å². The quantitative estimate of drug-likeness (QED) is 0.778. The van der Waals surface area contributed by atoms with Crippen molar-refractivity contribution in [1.29, 1.82) is 0 Å². The summed E-state index contributed by atoms with van der Waals surface area (Å²) in [6, 6.07) is 5.94. The maximum atomic E-state index is 6.26. The second-order valence-corrected chi connectivity index (χ2v) is 6.53. The Hall–Kier alpha value is -0.870. The van der Waals surface area contributed by atoms with Crippen molar-refractivity contribution in [1.82, 2.24) is 9.55 Å². The van der Waals surface area contributed by atoms with Crippen LogP contribution in [0.3, 0.4) is 0 Å². The van der Waals surface area contributed by atoms with Gasteiger partial charge in [0.1, 0.15) is 11.6 Å². The first kappa shape index (κ1) is 14.5. The number of methoxy groups -OCH3 is 1. The Balaban J connectivity index is 2.56. The van der Waals surface area contributed by atoms with Crippen LogP contribution in [0.25, 0.3) is 11.0 Å². The van der Waals surface area contributed by atoms with E-state index in [1.807, 2.05) is 36.9 Å². The summed E-state index contributed by atoms with van der Waals surface area (Å²) >= 11 is 8.10. The lowest BCUT2D eigenvalue weighted by molar-refractivity contribution is 0.415. The average Bonchev–Trinajstić information content (AvgIpc) is 2.76. The molecule has 0 aliphatic carbocycles. The lowest BCUT2D eigenvalue weighted by Crippen LogP contribution is -2.12. The molecule has 0 bridgehead atoms. The maximum absolute atomic E-state index is 6.26. The fraction of sp³-hybridized carbons (Fsp3) is 0.500. The Morgan fingerprint density at radius 3 is 2.74 bits per heavy atom. The Morgan fingerprint density at radius 2 is 2.16 bits per heavy atom. The molecule has 0 amide bonds. The van der Waals surface area contributed by atoms with E-state index >= 15 is 0 Å². The first-order valence-corrected chi connectivity index (χ1v) is 8.00. The summed E-state index contributed by atoms with van der Waals surface area (Å²) in [6.07, 6.45) is 2.12. The largest absolute Gasteiger partial charge is 0.497 e. The van der Waals surface area contributed by atoms with Crippen molar-refractivity contribution in [2.45, 2.75) is 31.0 Å². The van der Waals surface area contributed by atoms with Crippen LogP contribution >= 0.6 is 23.4 Å². The number of imidazole rings is 1. The summed E-state index contributed by atoms with van der Waals surface area (Å²) in [7, 11) is 1.68. The van der Waals surface area contributed by atoms with Gasteiger partial charge in [-0.2, -0.15) is 11.8 Å². The van der Waals surface area contributed by atoms with Crippen LogP contribution in [0.4, 0.5) is 0 Å². The van der Waals surface area contributed by atoms with Crippen molar-refractivity contribution in [3.8, 4) is 5.75 Å². The Bertz CT molecular complexity index is 568. The molecule has 2 atom stereocenters. The van der Waals surface area contributed by atoms with E-state index in [2.05, 4.69) is 22.7 Å². The molecule has 1 aromatic carbocycles. The SMILES string of the molecule is COc1ccc2nc(C(C)Cl)n(CC(C)SC)c2c1. The zero-order chi connectivity index (χ0) is 14.0. The first-order chi connectivity index (χ1) is 9.06. The number of hydrogen-bond acceptors (Lipinski definition) is 3. The Labute approximate surface area is 123 Å². The lowest BCUT2D eigenvalue weighted by atomic mass is 10.3. The van der Waals surface area contributed by atoms with Gasteiger partial charge in [0.25, 0.3) is 0 Å². The van der Waals surface area contributed by atoms with Gasteiger partial charge < -0.3 is 9.30 Å². The molecule has 1 heterocycles. The molecule has 0 radical (unpaired) electrons. The highest BCUT2D eigenvalue weighted by molar-refractivity contribution is 7.99. The van der Waals surface area contributed by atoms with Crippen molar-refractivity contribution >= 4 is 34.4 Å². The fourth-order valence-corrected chi connectivity index (χ4v) is 2.54. The zero-order valence-electron chi connectivity index (χ0n) is 11.7. The predicted octanol–water partition coefficient (Wildman–Crippen LogP) is 4.10. The van der Waals surface area contributed by atoms with Crippen molar-refractivity contribution in [2.24, 2.45) is 0 Å². The number of hydrogen-bond donors (Lipinski definition) is 0. The van der Waals surface area contributed by atoms with Crippen LogP contribution in [0.1, 0.15) is 25.0 Å². The van der Waals surface area contributed by atoms with Gasteiger partial charge in [-0.25, -0.2) is 4.98 Å². The number of aromatic nitrogens is 2. The summed E-state index contributed by atoms with van der Waals surface area (Å²) in [6.45, 7) is 5.07. The number of thioether (sulfide) groups is 1. The molecule has 0 saturated heterocycles. The van der Waals surface area contributed by atoms with Crippen molar-refractivity contribution in [2.75, 3.05) is 13.4 Å². The lowest BCUT2D eigenvalue weighted by Gasteiger charge is -2.14. The molecule has 2 rings (SSSR count). The molecule has 0 aliphatic rings. The van der Waals surface area contributed by atoms with Crippen LogP contribution in [0.2, 0.25) is 0 Å². The highest BCUT2D eigenvalue weighted by Crippen LogP contribution is 2.28. The smallest absolute Gasteiger partial charge is 0.127 e. The minimum Gasteiger partial charge on any atom is -0.497 e. The summed E-state index contributed by atoms with van der Waals surface area (Å²) in [4.78, 5) is 4.64. The van der Waals surface area contributed by atoms with E-state index in [4.69, 9.17) is 16.3 Å². The molecule has 3 nitrogen and oxygen atoms in total. The van der Waals surface area contributed by atoms with Gasteiger partial charge in [-0.05, 0) is 25.3 Å². The molecule has 1 aromatic heterocycles. The minimum absolute atomic E-state index is 0.104.